The second kappa shape index (κ2) is 12.5. The molecule has 6 nitrogen and oxygen atoms in total. The van der Waals surface area contributed by atoms with Crippen molar-refractivity contribution in [3.8, 4) is 0 Å². The van der Waals surface area contributed by atoms with E-state index in [0.29, 0.717) is 53.9 Å². The van der Waals surface area contributed by atoms with E-state index >= 15 is 0 Å². The number of aryl methyl sites for hydroxylation is 2. The Morgan fingerprint density at radius 2 is 1.79 bits per heavy atom. The summed E-state index contributed by atoms with van der Waals surface area (Å²) < 4.78 is 0. The third-order valence-electron chi connectivity index (χ3n) is 7.80. The van der Waals surface area contributed by atoms with Gasteiger partial charge in [0.25, 0.3) is 0 Å². The molecule has 2 heterocycles. The van der Waals surface area contributed by atoms with Crippen LogP contribution in [0, 0.1) is 5.92 Å². The van der Waals surface area contributed by atoms with Gasteiger partial charge in [-0.2, -0.15) is 0 Å². The number of pyridine rings is 1. The molecule has 2 aromatic carbocycles. The highest BCUT2D eigenvalue weighted by atomic mass is 35.5. The molecule has 3 aromatic rings. The van der Waals surface area contributed by atoms with E-state index in [1.54, 1.807) is 11.5 Å². The van der Waals surface area contributed by atoms with Crippen molar-refractivity contribution in [3.63, 3.8) is 0 Å². The maximum Gasteiger partial charge on any atom is 0.417 e. The summed E-state index contributed by atoms with van der Waals surface area (Å²) in [7, 11) is 6.09. The van der Waals surface area contributed by atoms with Crippen molar-refractivity contribution in [1.29, 1.82) is 0 Å². The van der Waals surface area contributed by atoms with Crippen LogP contribution in [-0.2, 0) is 17.6 Å². The van der Waals surface area contributed by atoms with Crippen molar-refractivity contribution in [3.05, 3.63) is 87.2 Å². The van der Waals surface area contributed by atoms with Crippen LogP contribution in [0.15, 0.2) is 54.7 Å². The number of fused-ring (bicyclic) bond motifs is 2. The van der Waals surface area contributed by atoms with E-state index in [1.807, 2.05) is 53.4 Å². The van der Waals surface area contributed by atoms with Crippen molar-refractivity contribution < 1.29 is 14.9 Å². The number of rotatable bonds is 6. The number of nitrogens with two attached hydrogens (primary N) is 1. The molecule has 1 saturated heterocycles. The van der Waals surface area contributed by atoms with Gasteiger partial charge in [0.1, 0.15) is 7.85 Å². The van der Waals surface area contributed by atoms with Crippen LogP contribution in [0.3, 0.4) is 0 Å². The molecule has 200 valence electrons. The van der Waals surface area contributed by atoms with Gasteiger partial charge in [-0.05, 0) is 72.6 Å². The van der Waals surface area contributed by atoms with Crippen molar-refractivity contribution in [1.82, 2.24) is 9.88 Å². The maximum absolute atomic E-state index is 12.9. The highest BCUT2D eigenvalue weighted by Gasteiger charge is 2.36. The molecular formula is C30H32BCl2N4O2+. The van der Waals surface area contributed by atoms with Gasteiger partial charge < -0.3 is 4.90 Å². The molecule has 1 fully saturated rings. The number of nitrogens with zero attached hydrogens (tertiary/aromatic N) is 2. The highest BCUT2D eigenvalue weighted by Crippen LogP contribution is 2.45. The van der Waals surface area contributed by atoms with Gasteiger partial charge in [-0.1, -0.05) is 52.9 Å². The number of halogens is 2. The Balaban J connectivity index is 1.19. The molecule has 2 aliphatic rings. The second-order valence-electron chi connectivity index (χ2n) is 10.4. The summed E-state index contributed by atoms with van der Waals surface area (Å²) in [5, 5.41) is 5.78. The zero-order chi connectivity index (χ0) is 27.4. The fourth-order valence-corrected chi connectivity index (χ4v) is 6.57. The zero-order valence-electron chi connectivity index (χ0n) is 21.8. The van der Waals surface area contributed by atoms with Gasteiger partial charge in [-0.25, -0.2) is 4.79 Å². The van der Waals surface area contributed by atoms with E-state index in [-0.39, 0.29) is 17.9 Å². The molecule has 1 atom stereocenters. The van der Waals surface area contributed by atoms with Gasteiger partial charge in [0.2, 0.25) is 5.91 Å². The number of anilines is 1. The molecule has 2 radical (unpaired) electrons. The number of amides is 3. The van der Waals surface area contributed by atoms with Crippen LogP contribution in [0.25, 0.3) is 0 Å². The monoisotopic (exact) mass is 561 g/mol. The number of benzene rings is 2. The molecule has 39 heavy (non-hydrogen) atoms. The molecule has 1 unspecified atom stereocenters. The fraction of sp³-hybridized carbons (Fsp3) is 0.367. The Bertz CT molecular complexity index is 1350. The van der Waals surface area contributed by atoms with E-state index in [0.717, 1.165) is 48.2 Å². The number of urea groups is 1. The number of carbonyl (C=O) groups is 2. The minimum absolute atomic E-state index is 0.0397. The number of aromatic nitrogens is 1. The lowest BCUT2D eigenvalue weighted by Crippen LogP contribution is -2.89. The molecule has 1 aromatic heterocycles. The predicted molar refractivity (Wildman–Crippen MR) is 156 cm³/mol. The quantitative estimate of drug-likeness (QED) is 0.349. The molecular weight excluding hydrogens is 530 g/mol. The van der Waals surface area contributed by atoms with Crippen LogP contribution in [0.2, 0.25) is 10.0 Å². The van der Waals surface area contributed by atoms with Gasteiger partial charge in [-0.3, -0.25) is 20.4 Å². The number of carbonyl (C=O) groups excluding carboxylic acids is 2. The van der Waals surface area contributed by atoms with Crippen molar-refractivity contribution in [2.75, 3.05) is 25.0 Å². The lowest BCUT2D eigenvalue weighted by molar-refractivity contribution is -0.552. The minimum Gasteiger partial charge on any atom is -0.343 e. The zero-order valence-corrected chi connectivity index (χ0v) is 23.3. The summed E-state index contributed by atoms with van der Waals surface area (Å²) in [6, 6.07) is 15.1. The maximum atomic E-state index is 12.9. The Morgan fingerprint density at radius 1 is 1.05 bits per heavy atom. The van der Waals surface area contributed by atoms with Crippen LogP contribution in [0.5, 0.6) is 0 Å². The normalized spacial score (nSPS) is 17.2. The van der Waals surface area contributed by atoms with Crippen LogP contribution in [0.4, 0.5) is 10.5 Å². The number of likely N-dealkylation sites (tertiary alicyclic amines) is 1. The second-order valence-corrected chi connectivity index (χ2v) is 11.3. The van der Waals surface area contributed by atoms with E-state index in [2.05, 4.69) is 5.32 Å². The Kier molecular flexibility index (Phi) is 8.90. The molecule has 1 aliphatic heterocycles. The Hall–Kier alpha value is -2.87. The number of piperidine rings is 1. The standard InChI is InChI=1S/C30H31BCl2N4O2/c31-22-15-21-9-8-20-16-23(32)17-25(33)27(20)28(29(21)35-18-22)19-10-13-37(14-11-19)26(38)7-4-12-34-30(39)36-24-5-2-1-3-6-24/h1-3,5-6,15-19,28H,4,7-14H2,(H2,34,36,39)/p+1. The first-order chi connectivity index (χ1) is 18.9. The number of nitrogens with one attached hydrogen (secondary N) is 1. The van der Waals surface area contributed by atoms with Crippen molar-refractivity contribution in [2.24, 2.45) is 5.92 Å². The van der Waals surface area contributed by atoms with Crippen LogP contribution in [0.1, 0.15) is 54.0 Å². The average molecular weight is 562 g/mol. The number of para-hydroxylation sites is 1. The van der Waals surface area contributed by atoms with E-state index in [4.69, 9.17) is 36.0 Å². The molecule has 9 heteroatoms. The summed E-state index contributed by atoms with van der Waals surface area (Å²) >= 11 is 13.2. The van der Waals surface area contributed by atoms with Gasteiger partial charge in [-0.15, -0.1) is 0 Å². The third-order valence-corrected chi connectivity index (χ3v) is 8.33. The van der Waals surface area contributed by atoms with E-state index in [9.17, 15) is 9.59 Å². The summed E-state index contributed by atoms with van der Waals surface area (Å²) in [5.41, 5.74) is 5.92. The number of hydrogen-bond donors (Lipinski definition) is 2. The number of hydrogen-bond acceptors (Lipinski definition) is 3. The van der Waals surface area contributed by atoms with Crippen LogP contribution >= 0.6 is 23.2 Å². The summed E-state index contributed by atoms with van der Waals surface area (Å²) in [6.07, 6.45) is 6.22. The molecule has 0 bridgehead atoms. The smallest absolute Gasteiger partial charge is 0.343 e. The molecule has 0 spiro atoms. The molecule has 3 amide bonds. The number of primary amides is 1. The van der Waals surface area contributed by atoms with Gasteiger partial charge in [0.15, 0.2) is 0 Å². The predicted octanol–water partition coefficient (Wildman–Crippen LogP) is 4.23. The Morgan fingerprint density at radius 3 is 2.56 bits per heavy atom. The average Bonchev–Trinajstić information content (AvgIpc) is 3.08. The fourth-order valence-electron chi connectivity index (χ4n) is 5.92. The minimum atomic E-state index is -0.145. The van der Waals surface area contributed by atoms with Crippen LogP contribution < -0.4 is 16.1 Å². The van der Waals surface area contributed by atoms with Crippen molar-refractivity contribution >= 4 is 54.1 Å². The summed E-state index contributed by atoms with van der Waals surface area (Å²) in [6.45, 7) is 1.96. The van der Waals surface area contributed by atoms with Crippen molar-refractivity contribution in [2.45, 2.75) is 44.4 Å². The SMILES string of the molecule is [B]c1cnc2c(c1)CCc1cc(Cl)cc(Cl)c1C2C1CCN(C(=O)CCC[NH2+]C(=O)Nc2ccccc2)CC1. The number of quaternary nitrogens is 1. The van der Waals surface area contributed by atoms with Crippen LogP contribution in [-0.4, -0.2) is 49.3 Å². The molecule has 0 saturated carbocycles. The van der Waals surface area contributed by atoms with E-state index < -0.39 is 0 Å². The van der Waals surface area contributed by atoms with Gasteiger partial charge in [0, 0.05) is 53.8 Å². The first kappa shape index (κ1) is 27.7. The van der Waals surface area contributed by atoms with Gasteiger partial charge >= 0.3 is 6.03 Å². The molecule has 5 rings (SSSR count). The lowest BCUT2D eigenvalue weighted by atomic mass is 9.76. The molecule has 1 aliphatic carbocycles. The summed E-state index contributed by atoms with van der Waals surface area (Å²) in [5.74, 6) is 0.481. The van der Waals surface area contributed by atoms with Gasteiger partial charge in [0.05, 0.1) is 12.2 Å². The van der Waals surface area contributed by atoms with E-state index in [1.165, 1.54) is 5.56 Å². The summed E-state index contributed by atoms with van der Waals surface area (Å²) in [4.78, 5) is 31.8. The lowest BCUT2D eigenvalue weighted by Gasteiger charge is -2.37. The first-order valence-electron chi connectivity index (χ1n) is 13.6. The Labute approximate surface area is 240 Å². The highest BCUT2D eigenvalue weighted by molar-refractivity contribution is 6.35. The molecule has 3 N–H and O–H groups in total. The largest absolute Gasteiger partial charge is 0.417 e. The third kappa shape index (κ3) is 6.65. The topological polar surface area (TPSA) is 78.9 Å². The first-order valence-corrected chi connectivity index (χ1v) is 14.3.